The molecule has 0 bridgehead atoms. The van der Waals surface area contributed by atoms with Crippen LogP contribution >= 0.6 is 11.3 Å². The minimum Gasteiger partial charge on any atom is -0.356 e. The van der Waals surface area contributed by atoms with Crippen LogP contribution in [0.25, 0.3) is 0 Å². The monoisotopic (exact) mass is 279 g/mol. The number of hydrogen-bond donors (Lipinski definition) is 1. The predicted molar refractivity (Wildman–Crippen MR) is 80.2 cm³/mol. The number of nitrogens with zero attached hydrogens (tertiary/aromatic N) is 4. The molecule has 1 N–H and O–H groups in total. The molecule has 19 heavy (non-hydrogen) atoms. The van der Waals surface area contributed by atoms with E-state index in [1.807, 2.05) is 0 Å². The molecule has 6 heteroatoms. The maximum Gasteiger partial charge on any atom is 0.193 e. The second-order valence-corrected chi connectivity index (χ2v) is 5.96. The minimum absolute atomic E-state index is 0.909. The molecule has 1 fully saturated rings. The summed E-state index contributed by atoms with van der Waals surface area (Å²) < 4.78 is 0. The third kappa shape index (κ3) is 3.00. The van der Waals surface area contributed by atoms with Crippen LogP contribution in [0.15, 0.2) is 10.4 Å². The SMILES string of the molecule is CN1CCN=C1NCCc1csc(N2CCCC2)n1. The molecular formula is C13H21N5S. The third-order valence-corrected chi connectivity index (χ3v) is 4.59. The van der Waals surface area contributed by atoms with Crippen LogP contribution in [0.2, 0.25) is 0 Å². The van der Waals surface area contributed by atoms with Gasteiger partial charge < -0.3 is 15.1 Å². The first kappa shape index (κ1) is 12.7. The van der Waals surface area contributed by atoms with E-state index in [2.05, 4.69) is 32.5 Å². The van der Waals surface area contributed by atoms with Gasteiger partial charge in [-0.05, 0) is 12.8 Å². The fourth-order valence-electron chi connectivity index (χ4n) is 2.49. The molecule has 0 atom stereocenters. The molecule has 0 unspecified atom stereocenters. The Balaban J connectivity index is 1.47. The van der Waals surface area contributed by atoms with E-state index in [1.54, 1.807) is 11.3 Å². The lowest BCUT2D eigenvalue weighted by molar-refractivity contribution is 0.534. The van der Waals surface area contributed by atoms with Gasteiger partial charge in [-0.25, -0.2) is 4.98 Å². The smallest absolute Gasteiger partial charge is 0.193 e. The van der Waals surface area contributed by atoms with Crippen molar-refractivity contribution in [3.8, 4) is 0 Å². The van der Waals surface area contributed by atoms with Crippen LogP contribution in [-0.2, 0) is 6.42 Å². The average Bonchev–Trinajstić information content (AvgIpc) is 3.11. The van der Waals surface area contributed by atoms with Gasteiger partial charge in [-0.3, -0.25) is 4.99 Å². The van der Waals surface area contributed by atoms with E-state index in [0.717, 1.165) is 32.0 Å². The molecule has 0 spiro atoms. The van der Waals surface area contributed by atoms with Gasteiger partial charge in [-0.15, -0.1) is 11.3 Å². The number of nitrogens with one attached hydrogen (secondary N) is 1. The number of aromatic nitrogens is 1. The molecule has 3 rings (SSSR count). The molecule has 1 saturated heterocycles. The Kier molecular flexibility index (Phi) is 3.87. The Morgan fingerprint density at radius 3 is 2.89 bits per heavy atom. The number of likely N-dealkylation sites (N-methyl/N-ethyl adjacent to an activating group) is 1. The number of aliphatic imine (C=N–C) groups is 1. The van der Waals surface area contributed by atoms with Crippen molar-refractivity contribution < 1.29 is 0 Å². The topological polar surface area (TPSA) is 43.8 Å². The van der Waals surface area contributed by atoms with Crippen molar-refractivity contribution in [1.82, 2.24) is 15.2 Å². The van der Waals surface area contributed by atoms with E-state index in [-0.39, 0.29) is 0 Å². The first-order valence-corrected chi connectivity index (χ1v) is 7.90. The molecule has 0 amide bonds. The van der Waals surface area contributed by atoms with Gasteiger partial charge >= 0.3 is 0 Å². The third-order valence-electron chi connectivity index (χ3n) is 3.64. The Labute approximate surface area is 118 Å². The van der Waals surface area contributed by atoms with Crippen molar-refractivity contribution in [2.75, 3.05) is 44.7 Å². The molecule has 2 aliphatic heterocycles. The number of hydrogen-bond acceptors (Lipinski definition) is 6. The highest BCUT2D eigenvalue weighted by Crippen LogP contribution is 2.24. The van der Waals surface area contributed by atoms with Crippen LogP contribution in [0.3, 0.4) is 0 Å². The van der Waals surface area contributed by atoms with Gasteiger partial charge in [0.2, 0.25) is 0 Å². The fraction of sp³-hybridized carbons (Fsp3) is 0.692. The highest BCUT2D eigenvalue weighted by atomic mass is 32.1. The van der Waals surface area contributed by atoms with E-state index >= 15 is 0 Å². The molecule has 1 aromatic rings. The van der Waals surface area contributed by atoms with Crippen LogP contribution in [0.5, 0.6) is 0 Å². The van der Waals surface area contributed by atoms with E-state index in [1.165, 1.54) is 36.8 Å². The van der Waals surface area contributed by atoms with Gasteiger partial charge in [0.05, 0.1) is 12.2 Å². The second-order valence-electron chi connectivity index (χ2n) is 5.12. The molecule has 1 aromatic heterocycles. The lowest BCUT2D eigenvalue weighted by atomic mass is 10.3. The lowest BCUT2D eigenvalue weighted by Crippen LogP contribution is -2.36. The van der Waals surface area contributed by atoms with Crippen molar-refractivity contribution in [1.29, 1.82) is 0 Å². The maximum absolute atomic E-state index is 4.73. The quantitative estimate of drug-likeness (QED) is 0.899. The summed E-state index contributed by atoms with van der Waals surface area (Å²) in [5, 5.41) is 6.77. The Bertz CT molecular complexity index is 450. The first-order valence-electron chi connectivity index (χ1n) is 7.02. The summed E-state index contributed by atoms with van der Waals surface area (Å²) in [6.07, 6.45) is 3.59. The van der Waals surface area contributed by atoms with E-state index in [0.29, 0.717) is 0 Å². The summed E-state index contributed by atoms with van der Waals surface area (Å²) in [6.45, 7) is 5.19. The summed E-state index contributed by atoms with van der Waals surface area (Å²) in [5.74, 6) is 1.02. The summed E-state index contributed by atoms with van der Waals surface area (Å²) >= 11 is 1.78. The van der Waals surface area contributed by atoms with Gasteiger partial charge in [-0.2, -0.15) is 0 Å². The summed E-state index contributed by atoms with van der Waals surface area (Å²) in [4.78, 5) is 13.7. The Morgan fingerprint density at radius 2 is 2.16 bits per heavy atom. The number of guanidine groups is 1. The highest BCUT2D eigenvalue weighted by molar-refractivity contribution is 7.13. The molecule has 2 aliphatic rings. The van der Waals surface area contributed by atoms with Gasteiger partial charge in [0.25, 0.3) is 0 Å². The zero-order valence-electron chi connectivity index (χ0n) is 11.4. The minimum atomic E-state index is 0.909. The van der Waals surface area contributed by atoms with Crippen molar-refractivity contribution in [3.63, 3.8) is 0 Å². The van der Waals surface area contributed by atoms with Crippen molar-refractivity contribution in [3.05, 3.63) is 11.1 Å². The van der Waals surface area contributed by atoms with Gasteiger partial charge in [0, 0.05) is 45.0 Å². The maximum atomic E-state index is 4.73. The van der Waals surface area contributed by atoms with Crippen molar-refractivity contribution in [2.24, 2.45) is 4.99 Å². The molecular weight excluding hydrogens is 258 g/mol. The first-order chi connectivity index (χ1) is 9.33. The van der Waals surface area contributed by atoms with E-state index in [9.17, 15) is 0 Å². The lowest BCUT2D eigenvalue weighted by Gasteiger charge is -2.14. The molecule has 0 radical (unpaired) electrons. The average molecular weight is 279 g/mol. The van der Waals surface area contributed by atoms with Gasteiger partial charge in [-0.1, -0.05) is 0 Å². The second kappa shape index (κ2) is 5.77. The van der Waals surface area contributed by atoms with Gasteiger partial charge in [0.15, 0.2) is 11.1 Å². The van der Waals surface area contributed by atoms with E-state index < -0.39 is 0 Å². The number of anilines is 1. The molecule has 104 valence electrons. The zero-order chi connectivity index (χ0) is 13.1. The fourth-order valence-corrected chi connectivity index (χ4v) is 3.40. The van der Waals surface area contributed by atoms with Gasteiger partial charge in [0.1, 0.15) is 0 Å². The predicted octanol–water partition coefficient (Wildman–Crippen LogP) is 1.18. The molecule has 3 heterocycles. The van der Waals surface area contributed by atoms with Crippen LogP contribution in [0, 0.1) is 0 Å². The van der Waals surface area contributed by atoms with Crippen molar-refractivity contribution >= 4 is 22.4 Å². The van der Waals surface area contributed by atoms with Crippen LogP contribution < -0.4 is 10.2 Å². The van der Waals surface area contributed by atoms with Crippen LogP contribution in [0.4, 0.5) is 5.13 Å². The molecule has 0 saturated carbocycles. The summed E-state index contributed by atoms with van der Waals surface area (Å²) in [5.41, 5.74) is 1.20. The normalized spacial score (nSPS) is 19.1. The van der Waals surface area contributed by atoms with Crippen molar-refractivity contribution in [2.45, 2.75) is 19.3 Å². The standard InChI is InChI=1S/C13H21N5S/c1-17-9-6-15-12(17)14-5-4-11-10-19-13(16-11)18-7-2-3-8-18/h10H,2-9H2,1H3,(H,14,15). The number of thiazole rings is 1. The largest absolute Gasteiger partial charge is 0.356 e. The molecule has 0 aliphatic carbocycles. The zero-order valence-corrected chi connectivity index (χ0v) is 12.2. The van der Waals surface area contributed by atoms with Crippen LogP contribution in [0.1, 0.15) is 18.5 Å². The molecule has 0 aromatic carbocycles. The highest BCUT2D eigenvalue weighted by Gasteiger charge is 2.16. The molecule has 5 nitrogen and oxygen atoms in total. The summed E-state index contributed by atoms with van der Waals surface area (Å²) in [6, 6.07) is 0. The van der Waals surface area contributed by atoms with Crippen LogP contribution in [-0.4, -0.2) is 55.6 Å². The van der Waals surface area contributed by atoms with E-state index in [4.69, 9.17) is 4.98 Å². The number of rotatable bonds is 4. The Hall–Kier alpha value is -1.30. The summed E-state index contributed by atoms with van der Waals surface area (Å²) in [7, 11) is 2.08. The Morgan fingerprint density at radius 1 is 1.32 bits per heavy atom.